The number of hydrogen-bond donors (Lipinski definition) is 3. The molecule has 2 fully saturated rings. The summed E-state index contributed by atoms with van der Waals surface area (Å²) in [4.78, 5) is 14.0. The molecule has 1 aliphatic carbocycles. The molecule has 0 unspecified atom stereocenters. The van der Waals surface area contributed by atoms with Gasteiger partial charge in [0.05, 0.1) is 26.3 Å². The average molecular weight is 411 g/mol. The van der Waals surface area contributed by atoms with Gasteiger partial charge in [0.25, 0.3) is 0 Å². The summed E-state index contributed by atoms with van der Waals surface area (Å²) >= 11 is 3.42. The molecule has 1 aromatic rings. The van der Waals surface area contributed by atoms with Crippen molar-refractivity contribution in [2.45, 2.75) is 37.6 Å². The summed E-state index contributed by atoms with van der Waals surface area (Å²) in [7, 11) is 0. The van der Waals surface area contributed by atoms with Gasteiger partial charge in [-0.1, -0.05) is 22.4 Å². The Labute approximate surface area is 158 Å². The second-order valence-electron chi connectivity index (χ2n) is 7.19. The topological polar surface area (TPSA) is 54.8 Å². The van der Waals surface area contributed by atoms with Crippen LogP contribution in [0.25, 0.3) is 0 Å². The van der Waals surface area contributed by atoms with E-state index in [0.717, 1.165) is 43.0 Å². The second-order valence-corrected chi connectivity index (χ2v) is 8.11. The third-order valence-electron chi connectivity index (χ3n) is 5.58. The van der Waals surface area contributed by atoms with Crippen LogP contribution in [0.3, 0.4) is 0 Å². The lowest BCUT2D eigenvalue weighted by Gasteiger charge is -2.45. The number of ether oxygens (including phenoxy) is 1. The Hall–Kier alpha value is -1.11. The summed E-state index contributed by atoms with van der Waals surface area (Å²) in [5, 5.41) is 6.39. The van der Waals surface area contributed by atoms with E-state index in [0.29, 0.717) is 6.54 Å². The van der Waals surface area contributed by atoms with Crippen molar-refractivity contribution in [3.8, 4) is 0 Å². The summed E-state index contributed by atoms with van der Waals surface area (Å²) in [6.07, 6.45) is 6.30. The van der Waals surface area contributed by atoms with Crippen molar-refractivity contribution in [2.75, 3.05) is 44.7 Å². The van der Waals surface area contributed by atoms with E-state index in [4.69, 9.17) is 4.74 Å². The first kappa shape index (κ1) is 18.7. The van der Waals surface area contributed by atoms with Crippen molar-refractivity contribution in [1.29, 1.82) is 0 Å². The summed E-state index contributed by atoms with van der Waals surface area (Å²) in [5.41, 5.74) is 1.17. The van der Waals surface area contributed by atoms with E-state index >= 15 is 0 Å². The molecule has 3 rings (SSSR count). The van der Waals surface area contributed by atoms with E-state index in [9.17, 15) is 4.79 Å². The highest BCUT2D eigenvalue weighted by Crippen LogP contribution is 2.25. The zero-order valence-corrected chi connectivity index (χ0v) is 16.4. The average Bonchev–Trinajstić information content (AvgIpc) is 2.67. The molecule has 5 nitrogen and oxygen atoms in total. The largest absolute Gasteiger partial charge is 0.376 e. The minimum atomic E-state index is 0.0699. The zero-order valence-electron chi connectivity index (χ0n) is 14.8. The number of hydrogen-bond acceptors (Lipinski definition) is 3. The van der Waals surface area contributed by atoms with Gasteiger partial charge in [-0.25, -0.2) is 0 Å². The molecule has 2 aliphatic rings. The van der Waals surface area contributed by atoms with Gasteiger partial charge in [-0.05, 0) is 37.1 Å². The minimum absolute atomic E-state index is 0.0699. The minimum Gasteiger partial charge on any atom is -0.376 e. The van der Waals surface area contributed by atoms with E-state index in [1.807, 2.05) is 24.3 Å². The predicted molar refractivity (Wildman–Crippen MR) is 103 cm³/mol. The van der Waals surface area contributed by atoms with Crippen LogP contribution in [0.5, 0.6) is 0 Å². The summed E-state index contributed by atoms with van der Waals surface area (Å²) in [6.45, 7) is 4.91. The molecule has 1 heterocycles. The lowest BCUT2D eigenvalue weighted by Crippen LogP contribution is -3.23. The van der Waals surface area contributed by atoms with Crippen LogP contribution in [0.2, 0.25) is 0 Å². The van der Waals surface area contributed by atoms with Gasteiger partial charge in [0.15, 0.2) is 0 Å². The number of carbonyl (C=O) groups is 1. The maximum atomic E-state index is 12.3. The molecular formula is C19H29BrN3O2+. The molecule has 0 bridgehead atoms. The van der Waals surface area contributed by atoms with Crippen LogP contribution in [0, 0.1) is 0 Å². The Balaban J connectivity index is 1.51. The first-order valence-electron chi connectivity index (χ1n) is 9.37. The molecule has 1 amide bonds. The Morgan fingerprint density at radius 2 is 1.80 bits per heavy atom. The third kappa shape index (κ3) is 5.19. The lowest BCUT2D eigenvalue weighted by molar-refractivity contribution is -0.960. The maximum absolute atomic E-state index is 12.3. The monoisotopic (exact) mass is 410 g/mol. The van der Waals surface area contributed by atoms with E-state index in [1.165, 1.54) is 32.1 Å². The molecule has 25 heavy (non-hydrogen) atoms. The van der Waals surface area contributed by atoms with E-state index in [2.05, 4.69) is 26.6 Å². The number of halogens is 1. The number of anilines is 1. The van der Waals surface area contributed by atoms with Gasteiger partial charge in [0.1, 0.15) is 18.6 Å². The van der Waals surface area contributed by atoms with Gasteiger partial charge in [0.2, 0.25) is 5.91 Å². The highest BCUT2D eigenvalue weighted by Gasteiger charge is 2.42. The number of amides is 1. The Morgan fingerprint density at radius 3 is 2.48 bits per heavy atom. The van der Waals surface area contributed by atoms with E-state index < -0.39 is 0 Å². The van der Waals surface area contributed by atoms with Crippen LogP contribution >= 0.6 is 15.9 Å². The molecule has 6 heteroatoms. The van der Waals surface area contributed by atoms with Crippen LogP contribution in [0.15, 0.2) is 28.7 Å². The quantitative estimate of drug-likeness (QED) is 0.667. The highest BCUT2D eigenvalue weighted by atomic mass is 79.9. The number of morpholine rings is 1. The van der Waals surface area contributed by atoms with Crippen LogP contribution in [0.1, 0.15) is 32.1 Å². The predicted octanol–water partition coefficient (Wildman–Crippen LogP) is 1.60. The first-order chi connectivity index (χ1) is 12.2. The third-order valence-corrected chi connectivity index (χ3v) is 6.11. The Bertz CT molecular complexity index is 552. The molecule has 1 saturated heterocycles. The van der Waals surface area contributed by atoms with Gasteiger partial charge < -0.3 is 20.3 Å². The van der Waals surface area contributed by atoms with Crippen LogP contribution in [-0.2, 0) is 9.53 Å². The fourth-order valence-electron chi connectivity index (χ4n) is 4.11. The molecule has 1 saturated carbocycles. The van der Waals surface area contributed by atoms with E-state index in [-0.39, 0.29) is 11.4 Å². The second kappa shape index (κ2) is 9.01. The first-order valence-corrected chi connectivity index (χ1v) is 10.2. The number of rotatable bonds is 6. The molecular weight excluding hydrogens is 382 g/mol. The normalized spacial score (nSPS) is 20.8. The molecule has 1 aromatic carbocycles. The summed E-state index contributed by atoms with van der Waals surface area (Å²) in [6, 6.07) is 7.88. The van der Waals surface area contributed by atoms with Crippen LogP contribution in [0.4, 0.5) is 5.69 Å². The van der Waals surface area contributed by atoms with Crippen molar-refractivity contribution < 1.29 is 14.4 Å². The molecule has 0 radical (unpaired) electrons. The van der Waals surface area contributed by atoms with Gasteiger partial charge in [-0.2, -0.15) is 0 Å². The van der Waals surface area contributed by atoms with Crippen molar-refractivity contribution >= 4 is 27.5 Å². The zero-order chi connectivity index (χ0) is 17.5. The lowest BCUT2D eigenvalue weighted by atomic mass is 9.79. The molecule has 3 N–H and O–H groups in total. The molecule has 1 aliphatic heterocycles. The van der Waals surface area contributed by atoms with Crippen LogP contribution in [-0.4, -0.2) is 50.8 Å². The molecule has 0 spiro atoms. The SMILES string of the molecule is O=C(CNc1ccc(Br)cc1)NCC1([NH+]2CCOCC2)CCCCC1. The number of benzene rings is 1. The van der Waals surface area contributed by atoms with Crippen molar-refractivity contribution in [2.24, 2.45) is 0 Å². The highest BCUT2D eigenvalue weighted by molar-refractivity contribution is 9.10. The fraction of sp³-hybridized carbons (Fsp3) is 0.632. The summed E-state index contributed by atoms with van der Waals surface area (Å²) in [5.74, 6) is 0.0699. The Kier molecular flexibility index (Phi) is 6.73. The number of carbonyl (C=O) groups excluding carboxylic acids is 1. The molecule has 0 aromatic heterocycles. The number of quaternary nitrogens is 1. The van der Waals surface area contributed by atoms with Gasteiger partial charge in [0, 0.05) is 23.0 Å². The van der Waals surface area contributed by atoms with Gasteiger partial charge in [-0.3, -0.25) is 4.79 Å². The van der Waals surface area contributed by atoms with Crippen molar-refractivity contribution in [1.82, 2.24) is 5.32 Å². The maximum Gasteiger partial charge on any atom is 0.239 e. The van der Waals surface area contributed by atoms with Crippen molar-refractivity contribution in [3.05, 3.63) is 28.7 Å². The van der Waals surface area contributed by atoms with Crippen LogP contribution < -0.4 is 15.5 Å². The summed E-state index contributed by atoms with van der Waals surface area (Å²) < 4.78 is 6.57. The molecule has 0 atom stereocenters. The standard InChI is InChI=1S/C19H28BrN3O2/c20-16-4-6-17(7-5-16)21-14-18(24)22-15-19(8-2-1-3-9-19)23-10-12-25-13-11-23/h4-7,21H,1-3,8-15H2,(H,22,24)/p+1. The van der Waals surface area contributed by atoms with Gasteiger partial charge in [-0.15, -0.1) is 0 Å². The molecule has 138 valence electrons. The Morgan fingerprint density at radius 1 is 1.12 bits per heavy atom. The number of nitrogens with one attached hydrogen (secondary N) is 3. The van der Waals surface area contributed by atoms with E-state index in [1.54, 1.807) is 4.90 Å². The fourth-order valence-corrected chi connectivity index (χ4v) is 4.38. The van der Waals surface area contributed by atoms with Crippen molar-refractivity contribution in [3.63, 3.8) is 0 Å². The van der Waals surface area contributed by atoms with Gasteiger partial charge >= 0.3 is 0 Å². The smallest absolute Gasteiger partial charge is 0.239 e.